The molecule has 0 aliphatic carbocycles. The van der Waals surface area contributed by atoms with Crippen LogP contribution in [0.4, 0.5) is 0 Å². The van der Waals surface area contributed by atoms with Crippen LogP contribution in [-0.2, 0) is 0 Å². The molecule has 0 radical (unpaired) electrons. The zero-order chi connectivity index (χ0) is 27.3. The van der Waals surface area contributed by atoms with Crippen LogP contribution in [0.15, 0.2) is 97.1 Å². The Morgan fingerprint density at radius 2 is 1.15 bits per heavy atom. The third-order valence-corrected chi connectivity index (χ3v) is 11.2. The molecule has 6 rings (SSSR count). The first-order valence-corrected chi connectivity index (χ1v) is 17.0. The molecule has 0 fully saturated rings. The van der Waals surface area contributed by atoms with Crippen molar-refractivity contribution in [3.8, 4) is 11.5 Å². The normalized spacial score (nSPS) is 14.5. The Bertz CT molecular complexity index is 1710. The van der Waals surface area contributed by atoms with Crippen LogP contribution in [0.1, 0.15) is 44.4 Å². The van der Waals surface area contributed by atoms with Gasteiger partial charge in [-0.25, -0.2) is 0 Å². The lowest BCUT2D eigenvalue weighted by Gasteiger charge is -2.37. The third kappa shape index (κ3) is 4.45. The van der Waals surface area contributed by atoms with E-state index in [1.807, 2.05) is 0 Å². The Morgan fingerprint density at radius 3 is 1.77 bits per heavy atom. The van der Waals surface area contributed by atoms with Crippen LogP contribution in [0, 0.1) is 0 Å². The van der Waals surface area contributed by atoms with E-state index in [1.165, 1.54) is 54.2 Å². The van der Waals surface area contributed by atoms with Gasteiger partial charge in [-0.3, -0.25) is 0 Å². The molecule has 3 heteroatoms. The second-order valence-electron chi connectivity index (χ2n) is 11.6. The Balaban J connectivity index is 1.67. The van der Waals surface area contributed by atoms with E-state index in [-0.39, 0.29) is 12.2 Å². The number of fused-ring (bicyclic) bond motifs is 2. The van der Waals surface area contributed by atoms with Crippen LogP contribution in [-0.4, -0.2) is 20.3 Å². The molecule has 1 heterocycles. The van der Waals surface area contributed by atoms with Crippen molar-refractivity contribution in [2.75, 3.05) is 0 Å². The maximum atomic E-state index is 6.01. The van der Waals surface area contributed by atoms with Crippen LogP contribution in [0.2, 0.25) is 13.1 Å². The number of hydrogen-bond acceptors (Lipinski definition) is 2. The fourth-order valence-electron chi connectivity index (χ4n) is 6.30. The molecule has 0 saturated heterocycles. The molecule has 0 bridgehead atoms. The van der Waals surface area contributed by atoms with Gasteiger partial charge in [0.05, 0.1) is 12.2 Å². The topological polar surface area (TPSA) is 18.5 Å². The van der Waals surface area contributed by atoms with Gasteiger partial charge in [0.15, 0.2) is 0 Å². The predicted octanol–water partition coefficient (Wildman–Crippen LogP) is 8.99. The van der Waals surface area contributed by atoms with E-state index in [1.54, 1.807) is 0 Å². The third-order valence-electron chi connectivity index (χ3n) is 7.69. The molecule has 0 saturated carbocycles. The van der Waals surface area contributed by atoms with Crippen molar-refractivity contribution in [3.05, 3.63) is 114 Å². The minimum atomic E-state index is -2.20. The highest BCUT2D eigenvalue weighted by Gasteiger charge is 2.39. The van der Waals surface area contributed by atoms with Crippen LogP contribution in [0.5, 0.6) is 11.5 Å². The molecule has 39 heavy (non-hydrogen) atoms. The molecule has 5 aromatic rings. The lowest BCUT2D eigenvalue weighted by Crippen LogP contribution is -2.46. The molecule has 0 aromatic heterocycles. The fourth-order valence-corrected chi connectivity index (χ4v) is 10.1. The summed E-state index contributed by atoms with van der Waals surface area (Å²) < 4.78 is 12.0. The maximum Gasteiger partial charge on any atom is 0.119 e. The Hall–Kier alpha value is -3.82. The van der Waals surface area contributed by atoms with Gasteiger partial charge in [0.1, 0.15) is 19.6 Å². The first-order valence-electron chi connectivity index (χ1n) is 14.0. The fraction of sp³-hybridized carbons (Fsp3) is 0.222. The average molecular weight is 529 g/mol. The van der Waals surface area contributed by atoms with Crippen molar-refractivity contribution < 1.29 is 9.47 Å². The van der Waals surface area contributed by atoms with Crippen molar-refractivity contribution in [1.82, 2.24) is 0 Å². The molecule has 0 unspecified atom stereocenters. The first kappa shape index (κ1) is 25.5. The van der Waals surface area contributed by atoms with E-state index in [9.17, 15) is 0 Å². The minimum Gasteiger partial charge on any atom is -0.491 e. The zero-order valence-corrected chi connectivity index (χ0v) is 24.7. The number of hydrogen-bond donors (Lipinski definition) is 0. The Labute approximate surface area is 232 Å². The predicted molar refractivity (Wildman–Crippen MR) is 169 cm³/mol. The van der Waals surface area contributed by atoms with Gasteiger partial charge in [-0.1, -0.05) is 79.8 Å². The number of rotatable bonds is 6. The van der Waals surface area contributed by atoms with Crippen molar-refractivity contribution in [2.24, 2.45) is 0 Å². The molecule has 1 aliphatic rings. The molecular weight excluding hydrogens is 492 g/mol. The van der Waals surface area contributed by atoms with E-state index in [2.05, 4.69) is 138 Å². The summed E-state index contributed by atoms with van der Waals surface area (Å²) in [5.41, 5.74) is 5.16. The minimum absolute atomic E-state index is 0.145. The van der Waals surface area contributed by atoms with Gasteiger partial charge in [0.25, 0.3) is 0 Å². The van der Waals surface area contributed by atoms with Crippen LogP contribution >= 0.6 is 0 Å². The molecule has 0 amide bonds. The first-order chi connectivity index (χ1) is 18.7. The number of ether oxygens (including phenoxy) is 2. The Morgan fingerprint density at radius 1 is 0.590 bits per heavy atom. The second-order valence-corrected chi connectivity index (χ2v) is 15.9. The Kier molecular flexibility index (Phi) is 6.35. The van der Waals surface area contributed by atoms with Gasteiger partial charge in [-0.05, 0) is 112 Å². The molecular formula is C36H36O2Si. The highest BCUT2D eigenvalue weighted by Crippen LogP contribution is 2.46. The average Bonchev–Trinajstić information content (AvgIpc) is 2.90. The van der Waals surface area contributed by atoms with E-state index in [0.717, 1.165) is 11.5 Å². The SMILES string of the molecule is CC(C)Oc1ccc(C2=C(c3ccc(OC(C)C)cc3)[Si](C)(C)c3c4ccccc4cc4cccc2c34)cc1. The van der Waals surface area contributed by atoms with Crippen molar-refractivity contribution in [1.29, 1.82) is 0 Å². The molecule has 0 spiro atoms. The molecule has 0 atom stereocenters. The second kappa shape index (κ2) is 9.73. The number of benzene rings is 5. The smallest absolute Gasteiger partial charge is 0.119 e. The quantitative estimate of drug-likeness (QED) is 0.162. The zero-order valence-electron chi connectivity index (χ0n) is 23.7. The van der Waals surface area contributed by atoms with Gasteiger partial charge in [0, 0.05) is 0 Å². The van der Waals surface area contributed by atoms with Crippen LogP contribution in [0.3, 0.4) is 0 Å². The van der Waals surface area contributed by atoms with Gasteiger partial charge < -0.3 is 9.47 Å². The maximum absolute atomic E-state index is 6.01. The summed E-state index contributed by atoms with van der Waals surface area (Å²) in [6.07, 6.45) is 0.292. The van der Waals surface area contributed by atoms with Crippen LogP contribution < -0.4 is 14.7 Å². The van der Waals surface area contributed by atoms with Gasteiger partial charge in [-0.15, -0.1) is 0 Å². The summed E-state index contributed by atoms with van der Waals surface area (Å²) in [6, 6.07) is 35.5. The highest BCUT2D eigenvalue weighted by molar-refractivity contribution is 7.08. The molecule has 196 valence electrons. The molecule has 2 nitrogen and oxygen atoms in total. The van der Waals surface area contributed by atoms with Crippen molar-refractivity contribution in [3.63, 3.8) is 0 Å². The largest absolute Gasteiger partial charge is 0.491 e. The van der Waals surface area contributed by atoms with Crippen LogP contribution in [0.25, 0.3) is 32.3 Å². The molecule has 0 N–H and O–H groups in total. The van der Waals surface area contributed by atoms with E-state index >= 15 is 0 Å². The molecule has 5 aromatic carbocycles. The van der Waals surface area contributed by atoms with Gasteiger partial charge >= 0.3 is 0 Å². The standard InChI is InChI=1S/C36H36O2Si/c1-23(2)37-29-18-14-25(15-19-29)33-32-13-9-11-28-22-27-10-7-8-12-31(27)36(34(28)32)39(5,6)35(33)26-16-20-30(21-17-26)38-24(3)4/h7-24H,1-6H3. The lowest BCUT2D eigenvalue weighted by atomic mass is 9.89. The highest BCUT2D eigenvalue weighted by atomic mass is 28.3. The summed E-state index contributed by atoms with van der Waals surface area (Å²) in [5.74, 6) is 1.82. The van der Waals surface area contributed by atoms with E-state index < -0.39 is 8.07 Å². The van der Waals surface area contributed by atoms with Crippen molar-refractivity contribution in [2.45, 2.75) is 53.0 Å². The van der Waals surface area contributed by atoms with Gasteiger partial charge in [0.2, 0.25) is 0 Å². The lowest BCUT2D eigenvalue weighted by molar-refractivity contribution is 0.242. The molecule has 1 aliphatic heterocycles. The van der Waals surface area contributed by atoms with Gasteiger partial charge in [-0.2, -0.15) is 0 Å². The summed E-state index contributed by atoms with van der Waals surface area (Å²) in [5, 5.41) is 8.43. The summed E-state index contributed by atoms with van der Waals surface area (Å²) >= 11 is 0. The summed E-state index contributed by atoms with van der Waals surface area (Å²) in [7, 11) is -2.20. The monoisotopic (exact) mass is 528 g/mol. The summed E-state index contributed by atoms with van der Waals surface area (Å²) in [4.78, 5) is 0. The summed E-state index contributed by atoms with van der Waals surface area (Å²) in [6.45, 7) is 13.3. The van der Waals surface area contributed by atoms with E-state index in [0.29, 0.717) is 0 Å². The van der Waals surface area contributed by atoms with Crippen molar-refractivity contribution >= 4 is 45.6 Å². The van der Waals surface area contributed by atoms with E-state index in [4.69, 9.17) is 9.47 Å².